The first-order chi connectivity index (χ1) is 13.3. The molecule has 0 aliphatic carbocycles. The van der Waals surface area contributed by atoms with Crippen molar-refractivity contribution in [3.05, 3.63) is 48.0 Å². The van der Waals surface area contributed by atoms with Crippen LogP contribution in [0.15, 0.2) is 47.5 Å². The number of nitrogens with one attached hydrogen (secondary N) is 2. The molecule has 1 fully saturated rings. The molecule has 29 heavy (non-hydrogen) atoms. The SMILES string of the molecule is C=C(C)CNC(=NCC(=O)N(C)C)NCC1CC(=O)N(C)C1c1ccccc1.I. The van der Waals surface area contributed by atoms with Crippen LogP contribution >= 0.6 is 24.0 Å². The third kappa shape index (κ3) is 7.34. The number of likely N-dealkylation sites (tertiary alicyclic amines) is 1. The highest BCUT2D eigenvalue weighted by Crippen LogP contribution is 2.36. The van der Waals surface area contributed by atoms with Crippen molar-refractivity contribution >= 4 is 41.8 Å². The van der Waals surface area contributed by atoms with E-state index < -0.39 is 0 Å². The quantitative estimate of drug-likeness (QED) is 0.253. The molecule has 2 unspecified atom stereocenters. The number of likely N-dealkylation sites (N-methyl/N-ethyl adjacent to an activating group) is 1. The predicted octanol–water partition coefficient (Wildman–Crippen LogP) is 2.02. The fourth-order valence-electron chi connectivity index (χ4n) is 3.21. The van der Waals surface area contributed by atoms with Crippen LogP contribution in [-0.4, -0.2) is 68.4 Å². The highest BCUT2D eigenvalue weighted by atomic mass is 127. The largest absolute Gasteiger partial charge is 0.356 e. The number of hydrogen-bond donors (Lipinski definition) is 2. The Bertz CT molecular complexity index is 736. The van der Waals surface area contributed by atoms with Gasteiger partial charge in [-0.1, -0.05) is 42.5 Å². The highest BCUT2D eigenvalue weighted by molar-refractivity contribution is 14.0. The van der Waals surface area contributed by atoms with Gasteiger partial charge in [0.05, 0.1) is 6.04 Å². The van der Waals surface area contributed by atoms with E-state index in [2.05, 4.69) is 34.3 Å². The second-order valence-electron chi connectivity index (χ2n) is 7.47. The van der Waals surface area contributed by atoms with Gasteiger partial charge < -0.3 is 20.4 Å². The number of guanidine groups is 1. The lowest BCUT2D eigenvalue weighted by Crippen LogP contribution is -2.42. The van der Waals surface area contributed by atoms with E-state index in [9.17, 15) is 9.59 Å². The number of amides is 2. The van der Waals surface area contributed by atoms with Gasteiger partial charge in [-0.25, -0.2) is 4.99 Å². The number of rotatable bonds is 7. The number of carbonyl (C=O) groups excluding carboxylic acids is 2. The minimum atomic E-state index is -0.0747. The molecule has 2 rings (SSSR count). The molecule has 1 aliphatic heterocycles. The normalized spacial score (nSPS) is 18.8. The first-order valence-electron chi connectivity index (χ1n) is 9.47. The summed E-state index contributed by atoms with van der Waals surface area (Å²) in [5, 5.41) is 6.48. The van der Waals surface area contributed by atoms with Gasteiger partial charge in [-0.2, -0.15) is 0 Å². The Kier molecular flexibility index (Phi) is 10.1. The zero-order valence-corrected chi connectivity index (χ0v) is 20.0. The summed E-state index contributed by atoms with van der Waals surface area (Å²) in [6.45, 7) is 7.01. The molecule has 0 radical (unpaired) electrons. The van der Waals surface area contributed by atoms with Crippen molar-refractivity contribution < 1.29 is 9.59 Å². The topological polar surface area (TPSA) is 77.0 Å². The molecule has 1 aromatic carbocycles. The van der Waals surface area contributed by atoms with Crippen LogP contribution in [0.1, 0.15) is 24.9 Å². The molecule has 0 spiro atoms. The standard InChI is InChI=1S/C21H31N5O2.HI/c1-15(2)12-22-21(24-14-19(28)25(3)4)23-13-17-11-18(27)26(5)20(17)16-9-7-6-8-10-16;/h6-10,17,20H,1,11-14H2,2-5H3,(H2,22,23,24);1H. The minimum Gasteiger partial charge on any atom is -0.356 e. The lowest BCUT2D eigenvalue weighted by Gasteiger charge is -2.26. The Labute approximate surface area is 190 Å². The minimum absolute atomic E-state index is 0. The van der Waals surface area contributed by atoms with Crippen molar-refractivity contribution in [1.82, 2.24) is 20.4 Å². The average Bonchev–Trinajstić information content (AvgIpc) is 2.95. The van der Waals surface area contributed by atoms with Crippen molar-refractivity contribution in [2.75, 3.05) is 40.8 Å². The highest BCUT2D eigenvalue weighted by Gasteiger charge is 2.38. The van der Waals surface area contributed by atoms with Crippen LogP contribution in [0.4, 0.5) is 0 Å². The lowest BCUT2D eigenvalue weighted by molar-refractivity contribution is -0.128. The summed E-state index contributed by atoms with van der Waals surface area (Å²) in [6, 6.07) is 10.1. The number of hydrogen-bond acceptors (Lipinski definition) is 3. The number of nitrogens with zero attached hydrogens (tertiary/aromatic N) is 3. The number of halogens is 1. The first-order valence-corrected chi connectivity index (χ1v) is 9.47. The molecular formula is C21H32IN5O2. The molecule has 1 aliphatic rings. The fraction of sp³-hybridized carbons (Fsp3) is 0.476. The lowest BCUT2D eigenvalue weighted by atomic mass is 9.94. The maximum atomic E-state index is 12.3. The first kappa shape index (κ1) is 24.9. The van der Waals surface area contributed by atoms with Gasteiger partial charge in [-0.3, -0.25) is 9.59 Å². The van der Waals surface area contributed by atoms with E-state index in [0.29, 0.717) is 25.5 Å². The molecule has 0 aromatic heterocycles. The summed E-state index contributed by atoms with van der Waals surface area (Å²) in [5.41, 5.74) is 2.09. The molecule has 1 saturated heterocycles. The Morgan fingerprint density at radius 1 is 1.28 bits per heavy atom. The van der Waals surface area contributed by atoms with E-state index in [1.165, 1.54) is 4.90 Å². The van der Waals surface area contributed by atoms with Gasteiger partial charge in [0.1, 0.15) is 6.54 Å². The monoisotopic (exact) mass is 513 g/mol. The Hall–Kier alpha value is -2.10. The molecule has 1 aromatic rings. The van der Waals surface area contributed by atoms with E-state index in [4.69, 9.17) is 0 Å². The van der Waals surface area contributed by atoms with E-state index in [1.54, 1.807) is 14.1 Å². The summed E-state index contributed by atoms with van der Waals surface area (Å²) in [5.74, 6) is 0.722. The number of aliphatic imine (C=N–C) groups is 1. The number of carbonyl (C=O) groups is 2. The van der Waals surface area contributed by atoms with Gasteiger partial charge in [-0.15, -0.1) is 24.0 Å². The molecule has 160 valence electrons. The maximum absolute atomic E-state index is 12.3. The predicted molar refractivity (Wildman–Crippen MR) is 127 cm³/mol. The van der Waals surface area contributed by atoms with E-state index in [1.807, 2.05) is 37.1 Å². The summed E-state index contributed by atoms with van der Waals surface area (Å²) in [7, 11) is 5.26. The van der Waals surface area contributed by atoms with Crippen LogP contribution in [0.5, 0.6) is 0 Å². The molecule has 0 saturated carbocycles. The zero-order chi connectivity index (χ0) is 20.7. The average molecular weight is 513 g/mol. The van der Waals surface area contributed by atoms with Crippen molar-refractivity contribution in [2.45, 2.75) is 19.4 Å². The van der Waals surface area contributed by atoms with Crippen molar-refractivity contribution in [3.8, 4) is 0 Å². The van der Waals surface area contributed by atoms with Crippen molar-refractivity contribution in [1.29, 1.82) is 0 Å². The molecule has 2 N–H and O–H groups in total. The van der Waals surface area contributed by atoms with Crippen LogP contribution in [0.3, 0.4) is 0 Å². The van der Waals surface area contributed by atoms with E-state index >= 15 is 0 Å². The molecular weight excluding hydrogens is 481 g/mol. The Morgan fingerprint density at radius 3 is 2.52 bits per heavy atom. The summed E-state index contributed by atoms with van der Waals surface area (Å²) in [4.78, 5) is 31.9. The van der Waals surface area contributed by atoms with E-state index in [0.717, 1.165) is 11.1 Å². The molecule has 8 heteroatoms. The van der Waals surface area contributed by atoms with Crippen LogP contribution in [0.2, 0.25) is 0 Å². The van der Waals surface area contributed by atoms with Gasteiger partial charge in [0.2, 0.25) is 11.8 Å². The van der Waals surface area contributed by atoms with Crippen LogP contribution < -0.4 is 10.6 Å². The summed E-state index contributed by atoms with van der Waals surface area (Å²) >= 11 is 0. The zero-order valence-electron chi connectivity index (χ0n) is 17.6. The van der Waals surface area contributed by atoms with Gasteiger partial charge in [0.25, 0.3) is 0 Å². The Morgan fingerprint density at radius 2 is 1.93 bits per heavy atom. The summed E-state index contributed by atoms with van der Waals surface area (Å²) in [6.07, 6.45) is 0.480. The molecule has 2 amide bonds. The maximum Gasteiger partial charge on any atom is 0.243 e. The molecule has 1 heterocycles. The van der Waals surface area contributed by atoms with Gasteiger partial charge in [-0.05, 0) is 12.5 Å². The van der Waals surface area contributed by atoms with Crippen LogP contribution in [0, 0.1) is 5.92 Å². The van der Waals surface area contributed by atoms with Crippen LogP contribution in [-0.2, 0) is 9.59 Å². The second-order valence-corrected chi connectivity index (χ2v) is 7.47. The van der Waals surface area contributed by atoms with Crippen LogP contribution in [0.25, 0.3) is 0 Å². The molecule has 0 bridgehead atoms. The molecule has 2 atom stereocenters. The third-order valence-corrected chi connectivity index (χ3v) is 4.80. The Balaban J connectivity index is 0.00000420. The summed E-state index contributed by atoms with van der Waals surface area (Å²) < 4.78 is 0. The van der Waals surface area contributed by atoms with Gasteiger partial charge in [0.15, 0.2) is 5.96 Å². The van der Waals surface area contributed by atoms with Gasteiger partial charge >= 0.3 is 0 Å². The second kappa shape index (κ2) is 11.8. The number of benzene rings is 1. The molecule has 7 nitrogen and oxygen atoms in total. The van der Waals surface area contributed by atoms with Crippen molar-refractivity contribution in [2.24, 2.45) is 10.9 Å². The van der Waals surface area contributed by atoms with Gasteiger partial charge in [0, 0.05) is 46.6 Å². The fourth-order valence-corrected chi connectivity index (χ4v) is 3.21. The van der Waals surface area contributed by atoms with Crippen molar-refractivity contribution in [3.63, 3.8) is 0 Å². The third-order valence-electron chi connectivity index (χ3n) is 4.80. The smallest absolute Gasteiger partial charge is 0.243 e. The van der Waals surface area contributed by atoms with E-state index in [-0.39, 0.29) is 54.3 Å².